The van der Waals surface area contributed by atoms with Crippen LogP contribution >= 0.6 is 0 Å². The monoisotopic (exact) mass is 442 g/mol. The predicted octanol–water partition coefficient (Wildman–Crippen LogP) is 3.14. The highest BCUT2D eigenvalue weighted by molar-refractivity contribution is 7.95. The lowest BCUT2D eigenvalue weighted by molar-refractivity contribution is -0.274. The summed E-state index contributed by atoms with van der Waals surface area (Å²) in [6.45, 7) is 0.181. The van der Waals surface area contributed by atoms with Crippen LogP contribution in [0.25, 0.3) is 0 Å². The summed E-state index contributed by atoms with van der Waals surface area (Å²) in [5, 5.41) is 2.50. The third-order valence-electron chi connectivity index (χ3n) is 5.28. The minimum absolute atomic E-state index is 0.174. The third-order valence-corrected chi connectivity index (χ3v) is 7.82. The van der Waals surface area contributed by atoms with Crippen LogP contribution in [-0.4, -0.2) is 39.1 Å². The minimum atomic E-state index is -4.83. The molecule has 0 radical (unpaired) electrons. The fraction of sp³-hybridized carbons (Fsp3) is 0.316. The van der Waals surface area contributed by atoms with E-state index in [1.165, 1.54) is 23.5 Å². The molecule has 2 aromatic carbocycles. The van der Waals surface area contributed by atoms with Crippen LogP contribution < -0.4 is 19.1 Å². The lowest BCUT2D eigenvalue weighted by Gasteiger charge is -2.23. The van der Waals surface area contributed by atoms with Crippen LogP contribution in [0.3, 0.4) is 0 Å². The molecule has 1 saturated heterocycles. The van der Waals surface area contributed by atoms with Gasteiger partial charge in [0, 0.05) is 18.2 Å². The van der Waals surface area contributed by atoms with Crippen molar-refractivity contribution in [2.75, 3.05) is 23.3 Å². The molecule has 2 unspecified atom stereocenters. The van der Waals surface area contributed by atoms with E-state index in [0.717, 1.165) is 12.1 Å². The van der Waals surface area contributed by atoms with Crippen molar-refractivity contribution in [2.24, 2.45) is 5.92 Å². The number of benzene rings is 2. The molecule has 1 aliphatic heterocycles. The van der Waals surface area contributed by atoms with E-state index in [1.54, 1.807) is 24.3 Å². The number of sulfonamides is 1. The summed E-state index contributed by atoms with van der Waals surface area (Å²) in [7, 11) is -2.47. The Labute approximate surface area is 170 Å². The number of methoxy groups -OCH3 is 1. The van der Waals surface area contributed by atoms with Crippen molar-refractivity contribution in [1.82, 2.24) is 0 Å². The van der Waals surface area contributed by atoms with Crippen LogP contribution in [0.1, 0.15) is 6.42 Å². The van der Waals surface area contributed by atoms with Gasteiger partial charge in [-0.1, -0.05) is 0 Å². The van der Waals surface area contributed by atoms with E-state index in [1.807, 2.05) is 0 Å². The number of hydrogen-bond acceptors (Lipinski definition) is 5. The second-order valence-corrected chi connectivity index (χ2v) is 9.17. The van der Waals surface area contributed by atoms with Gasteiger partial charge in [-0.05, 0) is 55.0 Å². The molecule has 2 fully saturated rings. The maximum atomic E-state index is 13.1. The molecule has 1 amide bonds. The largest absolute Gasteiger partial charge is 0.573 e. The highest BCUT2D eigenvalue weighted by Crippen LogP contribution is 2.58. The smallest absolute Gasteiger partial charge is 0.497 e. The van der Waals surface area contributed by atoms with Crippen molar-refractivity contribution >= 4 is 27.3 Å². The second kappa shape index (κ2) is 6.79. The molecular weight excluding hydrogens is 425 g/mol. The molecule has 1 heterocycles. The van der Waals surface area contributed by atoms with Crippen LogP contribution in [0, 0.1) is 5.92 Å². The van der Waals surface area contributed by atoms with Gasteiger partial charge < -0.3 is 14.8 Å². The zero-order valence-corrected chi connectivity index (χ0v) is 16.5. The lowest BCUT2D eigenvalue weighted by atomic mass is 10.2. The Hall–Kier alpha value is -2.95. The highest BCUT2D eigenvalue weighted by Gasteiger charge is 2.75. The highest BCUT2D eigenvalue weighted by atomic mass is 32.2. The van der Waals surface area contributed by atoms with Gasteiger partial charge in [0.15, 0.2) is 4.75 Å². The number of rotatable bonds is 5. The number of fused-ring (bicyclic) bond motifs is 1. The van der Waals surface area contributed by atoms with Gasteiger partial charge in [-0.2, -0.15) is 0 Å². The van der Waals surface area contributed by atoms with E-state index < -0.39 is 32.8 Å². The Kier molecular flexibility index (Phi) is 4.60. The number of nitrogens with zero attached hydrogens (tertiary/aromatic N) is 1. The first kappa shape index (κ1) is 20.3. The van der Waals surface area contributed by atoms with E-state index in [4.69, 9.17) is 4.74 Å². The van der Waals surface area contributed by atoms with Crippen molar-refractivity contribution < 1.29 is 35.9 Å². The number of alkyl halides is 3. The normalized spacial score (nSPS) is 24.1. The average molecular weight is 442 g/mol. The molecule has 0 spiro atoms. The molecule has 0 aromatic heterocycles. The molecule has 1 saturated carbocycles. The van der Waals surface area contributed by atoms with Crippen molar-refractivity contribution in [1.29, 1.82) is 0 Å². The Morgan fingerprint density at radius 1 is 1.10 bits per heavy atom. The molecule has 1 N–H and O–H groups in total. The quantitative estimate of drug-likeness (QED) is 0.769. The zero-order chi connectivity index (χ0) is 21.7. The standard InChI is InChI=1S/C19H17F3N2O5S/c1-28-15-8-4-14(5-9-15)24-11-12-10-18(12,30(24,26)27)17(25)23-13-2-6-16(7-3-13)29-19(20,21)22/h2-9,12H,10-11H2,1H3,(H,23,25). The van der Waals surface area contributed by atoms with Crippen LogP contribution in [-0.2, 0) is 14.8 Å². The number of amides is 1. The van der Waals surface area contributed by atoms with Gasteiger partial charge in [0.05, 0.1) is 12.8 Å². The Morgan fingerprint density at radius 3 is 2.27 bits per heavy atom. The lowest BCUT2D eigenvalue weighted by Crippen LogP contribution is -2.42. The summed E-state index contributed by atoms with van der Waals surface area (Å²) in [6.07, 6.45) is -4.63. The minimum Gasteiger partial charge on any atom is -0.497 e. The molecule has 7 nitrogen and oxygen atoms in total. The number of ether oxygens (including phenoxy) is 2. The predicted molar refractivity (Wildman–Crippen MR) is 102 cm³/mol. The number of carbonyl (C=O) groups is 1. The molecule has 0 bridgehead atoms. The Balaban J connectivity index is 1.51. The maximum Gasteiger partial charge on any atom is 0.573 e. The summed E-state index contributed by atoms with van der Waals surface area (Å²) >= 11 is 0. The van der Waals surface area contributed by atoms with Crippen molar-refractivity contribution in [3.05, 3.63) is 48.5 Å². The molecule has 2 aliphatic rings. The number of nitrogens with one attached hydrogen (secondary N) is 1. The van der Waals surface area contributed by atoms with Crippen molar-refractivity contribution in [3.8, 4) is 11.5 Å². The maximum absolute atomic E-state index is 13.1. The molecule has 1 aliphatic carbocycles. The van der Waals surface area contributed by atoms with Gasteiger partial charge in [0.25, 0.3) is 0 Å². The number of hydrogen-bond donors (Lipinski definition) is 1. The number of anilines is 2. The second-order valence-electron chi connectivity index (χ2n) is 7.05. The summed E-state index contributed by atoms with van der Waals surface area (Å²) in [5.41, 5.74) is 0.608. The van der Waals surface area contributed by atoms with Crippen molar-refractivity contribution in [2.45, 2.75) is 17.5 Å². The molecule has 160 valence electrons. The van der Waals surface area contributed by atoms with Gasteiger partial charge >= 0.3 is 6.36 Å². The van der Waals surface area contributed by atoms with E-state index in [9.17, 15) is 26.4 Å². The van der Waals surface area contributed by atoms with Crippen LogP contribution in [0.4, 0.5) is 24.5 Å². The fourth-order valence-electron chi connectivity index (χ4n) is 3.69. The number of halogens is 3. The molecule has 11 heteroatoms. The molecule has 2 atom stereocenters. The van der Waals surface area contributed by atoms with E-state index >= 15 is 0 Å². The summed E-state index contributed by atoms with van der Waals surface area (Å²) in [6, 6.07) is 11.0. The SMILES string of the molecule is COc1ccc(N2CC3CC3(C(=O)Nc3ccc(OC(F)(F)F)cc3)S2(=O)=O)cc1. The topological polar surface area (TPSA) is 84.9 Å². The summed E-state index contributed by atoms with van der Waals surface area (Å²) in [4.78, 5) is 12.8. The van der Waals surface area contributed by atoms with Gasteiger partial charge in [-0.3, -0.25) is 9.10 Å². The van der Waals surface area contributed by atoms with E-state index in [0.29, 0.717) is 11.4 Å². The summed E-state index contributed by atoms with van der Waals surface area (Å²) < 4.78 is 71.5. The molecule has 30 heavy (non-hydrogen) atoms. The first-order chi connectivity index (χ1) is 14.1. The van der Waals surface area contributed by atoms with Gasteiger partial charge in [-0.25, -0.2) is 8.42 Å². The molecule has 2 aromatic rings. The van der Waals surface area contributed by atoms with Crippen LogP contribution in [0.15, 0.2) is 48.5 Å². The zero-order valence-electron chi connectivity index (χ0n) is 15.6. The number of carbonyl (C=O) groups excluding carboxylic acids is 1. The third kappa shape index (κ3) is 3.32. The van der Waals surface area contributed by atoms with Crippen LogP contribution in [0.5, 0.6) is 11.5 Å². The van der Waals surface area contributed by atoms with Gasteiger partial charge in [-0.15, -0.1) is 13.2 Å². The van der Waals surface area contributed by atoms with Crippen LogP contribution in [0.2, 0.25) is 0 Å². The van der Waals surface area contributed by atoms with Gasteiger partial charge in [0.1, 0.15) is 11.5 Å². The van der Waals surface area contributed by atoms with Gasteiger partial charge in [0.2, 0.25) is 15.9 Å². The summed E-state index contributed by atoms with van der Waals surface area (Å²) in [5.74, 6) is -0.932. The Morgan fingerprint density at radius 2 is 1.70 bits per heavy atom. The fourth-order valence-corrected chi connectivity index (χ4v) is 6.06. The first-order valence-corrected chi connectivity index (χ1v) is 10.3. The average Bonchev–Trinajstić information content (AvgIpc) is 3.38. The molecular formula is C19H17F3N2O5S. The van der Waals surface area contributed by atoms with E-state index in [2.05, 4.69) is 10.1 Å². The Bertz CT molecular complexity index is 1070. The van der Waals surface area contributed by atoms with E-state index in [-0.39, 0.29) is 24.6 Å². The van der Waals surface area contributed by atoms with Crippen molar-refractivity contribution in [3.63, 3.8) is 0 Å². The first-order valence-electron chi connectivity index (χ1n) is 8.90. The molecule has 4 rings (SSSR count).